The smallest absolute Gasteiger partial charge is 0.328 e. The van der Waals surface area contributed by atoms with Gasteiger partial charge in [0.25, 0.3) is 5.56 Å². The summed E-state index contributed by atoms with van der Waals surface area (Å²) in [6.45, 7) is 3.72. The van der Waals surface area contributed by atoms with E-state index in [4.69, 9.17) is 0 Å². The van der Waals surface area contributed by atoms with Crippen molar-refractivity contribution in [1.29, 1.82) is 0 Å². The number of nitrogens with zero attached hydrogens (tertiary/aromatic N) is 3. The van der Waals surface area contributed by atoms with Gasteiger partial charge in [-0.1, -0.05) is 13.3 Å². The quantitative estimate of drug-likeness (QED) is 0.897. The minimum Gasteiger partial charge on any atom is -0.328 e. The maximum atomic E-state index is 11.3. The van der Waals surface area contributed by atoms with Crippen molar-refractivity contribution in [2.24, 2.45) is 14.1 Å². The lowest BCUT2D eigenvalue weighted by Crippen LogP contribution is -2.28. The predicted molar refractivity (Wildman–Crippen MR) is 76.8 cm³/mol. The molecule has 0 atom stereocenters. The highest BCUT2D eigenvalue weighted by Crippen LogP contribution is 2.00. The zero-order valence-electron chi connectivity index (χ0n) is 12.3. The monoisotopic (exact) mass is 280 g/mol. The van der Waals surface area contributed by atoms with Crippen LogP contribution < -0.4 is 11.2 Å². The van der Waals surface area contributed by atoms with Crippen molar-refractivity contribution in [2.45, 2.75) is 33.1 Å². The normalized spacial score (nSPS) is 10.2. The first kappa shape index (κ1) is 15.9. The third-order valence-electron chi connectivity index (χ3n) is 2.86. The van der Waals surface area contributed by atoms with Crippen LogP contribution in [0.5, 0.6) is 0 Å². The molecule has 7 heteroatoms. The fourth-order valence-corrected chi connectivity index (χ4v) is 1.69. The number of carbonyl (C=O) groups excluding carboxylic acids is 1. The summed E-state index contributed by atoms with van der Waals surface area (Å²) in [7, 11) is 3.27. The van der Waals surface area contributed by atoms with Crippen LogP contribution in [0.1, 0.15) is 33.1 Å². The third-order valence-corrected chi connectivity index (χ3v) is 2.86. The van der Waals surface area contributed by atoms with Gasteiger partial charge in [-0.3, -0.25) is 14.3 Å². The van der Waals surface area contributed by atoms with E-state index >= 15 is 0 Å². The molecule has 0 aliphatic rings. The number of Topliss-reactive ketones (excluding diaryl/α,β-unsaturated/α-hetero) is 1. The number of H-pyrrole nitrogens is 1. The molecule has 0 aromatic carbocycles. The fourth-order valence-electron chi connectivity index (χ4n) is 1.69. The van der Waals surface area contributed by atoms with Crippen molar-refractivity contribution in [3.8, 4) is 0 Å². The van der Waals surface area contributed by atoms with Crippen LogP contribution in [0.15, 0.2) is 15.9 Å². The van der Waals surface area contributed by atoms with Crippen molar-refractivity contribution in [3.05, 3.63) is 27.2 Å². The first-order valence-electron chi connectivity index (χ1n) is 6.48. The van der Waals surface area contributed by atoms with Gasteiger partial charge in [-0.15, -0.1) is 0 Å². The van der Waals surface area contributed by atoms with Gasteiger partial charge in [0, 0.05) is 20.5 Å². The average molecular weight is 280 g/mol. The highest BCUT2D eigenvalue weighted by molar-refractivity contribution is 5.75. The van der Waals surface area contributed by atoms with E-state index in [1.54, 1.807) is 25.6 Å². The molecular weight excluding hydrogens is 260 g/mol. The van der Waals surface area contributed by atoms with Crippen LogP contribution in [-0.4, -0.2) is 24.9 Å². The summed E-state index contributed by atoms with van der Waals surface area (Å²) in [5.41, 5.74) is -0.0485. The minimum absolute atomic E-state index is 0.307. The molecule has 20 heavy (non-hydrogen) atoms. The topological polar surface area (TPSA) is 89.8 Å². The van der Waals surface area contributed by atoms with Gasteiger partial charge in [0.15, 0.2) is 11.2 Å². The number of ketones is 1. The Kier molecular flexibility index (Phi) is 5.42. The Morgan fingerprint density at radius 3 is 2.50 bits per heavy atom. The zero-order valence-corrected chi connectivity index (χ0v) is 12.3. The van der Waals surface area contributed by atoms with E-state index in [1.807, 2.05) is 0 Å². The van der Waals surface area contributed by atoms with Crippen molar-refractivity contribution in [1.82, 2.24) is 19.1 Å². The minimum atomic E-state index is -0.448. The lowest BCUT2D eigenvalue weighted by Gasteiger charge is -1.97. The number of fused-ring (bicyclic) bond motifs is 1. The van der Waals surface area contributed by atoms with Gasteiger partial charge in [0.2, 0.25) is 0 Å². The van der Waals surface area contributed by atoms with Gasteiger partial charge in [-0.05, 0) is 13.3 Å². The molecule has 0 bridgehead atoms. The van der Waals surface area contributed by atoms with E-state index in [2.05, 4.69) is 16.9 Å². The summed E-state index contributed by atoms with van der Waals surface area (Å²) in [5, 5.41) is 0. The number of aryl methyl sites for hydroxylation is 2. The molecule has 0 aliphatic carbocycles. The molecule has 2 aromatic rings. The van der Waals surface area contributed by atoms with Gasteiger partial charge < -0.3 is 9.36 Å². The second-order valence-corrected chi connectivity index (χ2v) is 4.65. The van der Waals surface area contributed by atoms with Crippen LogP contribution in [0.4, 0.5) is 0 Å². The molecule has 0 aliphatic heterocycles. The molecule has 0 saturated heterocycles. The molecule has 0 spiro atoms. The maximum absolute atomic E-state index is 11.3. The molecule has 0 amide bonds. The molecule has 2 aromatic heterocycles. The number of aromatic nitrogens is 4. The number of aromatic amines is 1. The average Bonchev–Trinajstić information content (AvgIpc) is 2.77. The Morgan fingerprint density at radius 2 is 2.00 bits per heavy atom. The Morgan fingerprint density at radius 1 is 1.35 bits per heavy atom. The zero-order chi connectivity index (χ0) is 15.3. The molecule has 0 unspecified atom stereocenters. The van der Waals surface area contributed by atoms with Gasteiger partial charge >= 0.3 is 5.69 Å². The maximum Gasteiger partial charge on any atom is 0.329 e. The van der Waals surface area contributed by atoms with Gasteiger partial charge in [-0.2, -0.15) is 0 Å². The van der Waals surface area contributed by atoms with Crippen LogP contribution in [0.25, 0.3) is 11.2 Å². The Hall–Kier alpha value is -2.18. The van der Waals surface area contributed by atoms with E-state index < -0.39 is 11.2 Å². The van der Waals surface area contributed by atoms with E-state index in [0.717, 1.165) is 19.3 Å². The van der Waals surface area contributed by atoms with Crippen LogP contribution in [0.3, 0.4) is 0 Å². The Balaban J connectivity index is 0.000000246. The molecule has 2 heterocycles. The molecule has 0 fully saturated rings. The Bertz CT molecular complexity index is 708. The molecular formula is C13H20N4O3. The van der Waals surface area contributed by atoms with Crippen molar-refractivity contribution in [2.75, 3.05) is 0 Å². The predicted octanol–water partition coefficient (Wildman–Crippen LogP) is 0.726. The number of carbonyl (C=O) groups is 1. The molecule has 7 nitrogen and oxygen atoms in total. The molecule has 0 saturated carbocycles. The number of nitrogens with one attached hydrogen (secondary N) is 1. The molecule has 2 rings (SSSR count). The van der Waals surface area contributed by atoms with Crippen LogP contribution in [0.2, 0.25) is 0 Å². The van der Waals surface area contributed by atoms with Crippen molar-refractivity contribution >= 4 is 16.9 Å². The lowest BCUT2D eigenvalue weighted by molar-refractivity contribution is -0.117. The summed E-state index contributed by atoms with van der Waals surface area (Å²) < 4.78 is 2.88. The van der Waals surface area contributed by atoms with E-state index in [9.17, 15) is 14.4 Å². The first-order chi connectivity index (χ1) is 9.38. The second kappa shape index (κ2) is 6.83. The highest BCUT2D eigenvalue weighted by Gasteiger charge is 2.08. The third kappa shape index (κ3) is 3.66. The molecule has 1 N–H and O–H groups in total. The van der Waals surface area contributed by atoms with Crippen LogP contribution in [0, 0.1) is 0 Å². The van der Waals surface area contributed by atoms with Crippen LogP contribution >= 0.6 is 0 Å². The fraction of sp³-hybridized carbons (Fsp3) is 0.538. The Labute approximate surface area is 116 Å². The standard InChI is InChI=1S/C7H8N4O2.C6H12O/c1-10-3-8-5-4(10)6(12)9-7(13)11(5)2;1-3-4-5-6(2)7/h3H,1-2H3,(H,9,12,13);3-5H2,1-2H3. The van der Waals surface area contributed by atoms with E-state index in [-0.39, 0.29) is 0 Å². The second-order valence-electron chi connectivity index (χ2n) is 4.65. The van der Waals surface area contributed by atoms with Gasteiger partial charge in [0.1, 0.15) is 5.78 Å². The number of imidazole rings is 1. The first-order valence-corrected chi connectivity index (χ1v) is 6.48. The summed E-state index contributed by atoms with van der Waals surface area (Å²) in [6, 6.07) is 0. The number of hydrogen-bond acceptors (Lipinski definition) is 4. The summed E-state index contributed by atoms with van der Waals surface area (Å²) in [4.78, 5) is 38.8. The SMILES string of the molecule is CCCCC(C)=O.Cn1cnc2c1c(=O)[nH]c(=O)n2C. The summed E-state index contributed by atoms with van der Waals surface area (Å²) in [5.74, 6) is 0.307. The largest absolute Gasteiger partial charge is 0.329 e. The summed E-state index contributed by atoms with van der Waals surface area (Å²) >= 11 is 0. The van der Waals surface area contributed by atoms with Crippen LogP contribution in [-0.2, 0) is 18.9 Å². The van der Waals surface area contributed by atoms with Crippen molar-refractivity contribution < 1.29 is 4.79 Å². The van der Waals surface area contributed by atoms with E-state index in [1.165, 1.54) is 10.9 Å². The number of rotatable bonds is 3. The number of unbranched alkanes of at least 4 members (excludes halogenated alkanes) is 1. The number of hydrogen-bond donors (Lipinski definition) is 1. The molecule has 0 radical (unpaired) electrons. The molecule has 110 valence electrons. The van der Waals surface area contributed by atoms with Gasteiger partial charge in [-0.25, -0.2) is 9.78 Å². The van der Waals surface area contributed by atoms with Gasteiger partial charge in [0.05, 0.1) is 6.33 Å². The highest BCUT2D eigenvalue weighted by atomic mass is 16.2. The van der Waals surface area contributed by atoms with E-state index in [0.29, 0.717) is 16.9 Å². The lowest BCUT2D eigenvalue weighted by atomic mass is 10.2. The van der Waals surface area contributed by atoms with Crippen molar-refractivity contribution in [3.63, 3.8) is 0 Å². The summed E-state index contributed by atoms with van der Waals surface area (Å²) in [6.07, 6.45) is 4.44.